The summed E-state index contributed by atoms with van der Waals surface area (Å²) >= 11 is 6.13. The molecule has 0 radical (unpaired) electrons. The summed E-state index contributed by atoms with van der Waals surface area (Å²) in [4.78, 5) is 25.4. The number of hydrogen-bond acceptors (Lipinski definition) is 4. The summed E-state index contributed by atoms with van der Waals surface area (Å²) in [5.74, 6) is -0.155. The smallest absolute Gasteiger partial charge is 0.411 e. The summed E-state index contributed by atoms with van der Waals surface area (Å²) in [6.07, 6.45) is 1.88. The van der Waals surface area contributed by atoms with E-state index in [0.717, 1.165) is 47.1 Å². The van der Waals surface area contributed by atoms with Crippen molar-refractivity contribution < 1.29 is 23.9 Å². The van der Waals surface area contributed by atoms with Gasteiger partial charge in [0.15, 0.2) is 0 Å². The van der Waals surface area contributed by atoms with Gasteiger partial charge >= 0.3 is 6.09 Å². The van der Waals surface area contributed by atoms with Crippen molar-refractivity contribution in [3.05, 3.63) is 82.9 Å². The minimum atomic E-state index is -0.461. The third kappa shape index (κ3) is 7.57. The number of ether oxygens (including phenoxy) is 1. The zero-order valence-electron chi connectivity index (χ0n) is 21.9. The fraction of sp³-hybridized carbons (Fsp3) is 0.333. The minimum absolute atomic E-state index is 0.0897. The molecule has 7 nitrogen and oxygen atoms in total. The van der Waals surface area contributed by atoms with Crippen LogP contribution in [0.4, 0.5) is 16.2 Å². The minimum Gasteiger partial charge on any atom is -0.446 e. The Morgan fingerprint density at radius 2 is 1.74 bits per heavy atom. The van der Waals surface area contributed by atoms with Gasteiger partial charge in [-0.1, -0.05) is 60.1 Å². The molecule has 1 fully saturated rings. The molecule has 0 bridgehead atoms. The molecule has 3 aromatic carbocycles. The van der Waals surface area contributed by atoms with Crippen LogP contribution in [0.3, 0.4) is 0 Å². The highest BCUT2D eigenvalue weighted by molar-refractivity contribution is 6.31. The molecule has 0 unspecified atom stereocenters. The summed E-state index contributed by atoms with van der Waals surface area (Å²) in [5.41, 5.74) is 4.61. The molecule has 0 saturated carbocycles. The maximum absolute atomic E-state index is 12.9. The van der Waals surface area contributed by atoms with Crippen LogP contribution in [-0.2, 0) is 22.6 Å². The topological polar surface area (TPSA) is 87.7 Å². The van der Waals surface area contributed by atoms with Crippen molar-refractivity contribution >= 4 is 35.0 Å². The molecule has 1 aliphatic heterocycles. The fourth-order valence-electron chi connectivity index (χ4n) is 4.61. The Morgan fingerprint density at radius 1 is 1.00 bits per heavy atom. The average Bonchev–Trinajstić information content (AvgIpc) is 2.89. The van der Waals surface area contributed by atoms with E-state index in [0.29, 0.717) is 28.4 Å². The first-order valence-electron chi connectivity index (χ1n) is 12.9. The molecule has 3 N–H and O–H groups in total. The molecule has 1 heterocycles. The molecule has 0 aromatic heterocycles. The molecule has 4 rings (SSSR count). The number of nitrogens with one attached hydrogen (secondary N) is 2. The summed E-state index contributed by atoms with van der Waals surface area (Å²) in [6, 6.07) is 20.7. The summed E-state index contributed by atoms with van der Waals surface area (Å²) in [5, 5.41) is 15.5. The largest absolute Gasteiger partial charge is 0.446 e. The molecule has 0 spiro atoms. The predicted octanol–water partition coefficient (Wildman–Crippen LogP) is 5.86. The van der Waals surface area contributed by atoms with Gasteiger partial charge in [0.25, 0.3) is 0 Å². The van der Waals surface area contributed by atoms with Crippen molar-refractivity contribution in [1.29, 1.82) is 0 Å². The van der Waals surface area contributed by atoms with Crippen LogP contribution in [0.25, 0.3) is 11.1 Å². The van der Waals surface area contributed by atoms with Gasteiger partial charge in [0.05, 0.1) is 39.5 Å². The first-order valence-corrected chi connectivity index (χ1v) is 13.3. The Balaban J connectivity index is 1.43. The van der Waals surface area contributed by atoms with Crippen LogP contribution in [0.1, 0.15) is 30.4 Å². The van der Waals surface area contributed by atoms with E-state index >= 15 is 0 Å². The van der Waals surface area contributed by atoms with Crippen LogP contribution in [0, 0.1) is 0 Å². The Bertz CT molecular complexity index is 1270. The summed E-state index contributed by atoms with van der Waals surface area (Å²) in [7, 11) is 4.38. The number of anilines is 2. The van der Waals surface area contributed by atoms with Gasteiger partial charge in [-0.05, 0) is 41.3 Å². The van der Waals surface area contributed by atoms with E-state index in [2.05, 4.69) is 24.7 Å². The van der Waals surface area contributed by atoms with Gasteiger partial charge in [-0.25, -0.2) is 4.79 Å². The number of aliphatic hydroxyl groups excluding tert-OH is 1. The van der Waals surface area contributed by atoms with Crippen LogP contribution in [-0.4, -0.2) is 54.9 Å². The number of likely N-dealkylation sites (tertiary alicyclic amines) is 1. The monoisotopic (exact) mass is 536 g/mol. The van der Waals surface area contributed by atoms with Crippen LogP contribution in [0.5, 0.6) is 0 Å². The number of benzene rings is 3. The highest BCUT2D eigenvalue weighted by Crippen LogP contribution is 2.30. The van der Waals surface area contributed by atoms with Crippen molar-refractivity contribution in [3.8, 4) is 11.1 Å². The highest BCUT2D eigenvalue weighted by atomic mass is 35.5. The second-order valence-electron chi connectivity index (χ2n) is 10.4. The first-order chi connectivity index (χ1) is 18.2. The maximum Gasteiger partial charge on any atom is 0.411 e. The fourth-order valence-corrected chi connectivity index (χ4v) is 4.85. The number of hydrogen-bond donors (Lipinski definition) is 3. The number of halogens is 1. The lowest BCUT2D eigenvalue weighted by atomic mass is 9.99. The van der Waals surface area contributed by atoms with Crippen molar-refractivity contribution in [2.45, 2.75) is 38.4 Å². The molecule has 0 aliphatic carbocycles. The Labute approximate surface area is 229 Å². The number of rotatable bonds is 8. The number of carbonyl (C=O) groups is 2. The second kappa shape index (κ2) is 12.4. The predicted molar refractivity (Wildman–Crippen MR) is 151 cm³/mol. The molecule has 2 amide bonds. The summed E-state index contributed by atoms with van der Waals surface area (Å²) < 4.78 is 6.70. The van der Waals surface area contributed by atoms with Gasteiger partial charge in [-0.3, -0.25) is 10.1 Å². The average molecular weight is 537 g/mol. The number of amides is 2. The second-order valence-corrected chi connectivity index (χ2v) is 10.8. The van der Waals surface area contributed by atoms with Gasteiger partial charge in [0.2, 0.25) is 5.91 Å². The SMILES string of the molecule is C[N+]1(C)CCC(OC(=O)Nc2cc(CCC(=O)Nc3ccc(CO)c(Cl)c3)ccc2-c2ccccc2)CC1. The standard InChI is InChI=1S/C30H34ClN3O4/c1-34(2)16-14-25(15-17-34)38-30(37)33-28-18-21(8-12-26(28)22-6-4-3-5-7-22)9-13-29(36)32-24-11-10-23(20-35)27(31)19-24/h3-8,10-12,18-19,25,35H,9,13-17,20H2,1-2H3,(H-,32,33,36,37)/p+1. The lowest BCUT2D eigenvalue weighted by Crippen LogP contribution is -2.48. The van der Waals surface area contributed by atoms with Gasteiger partial charge in [-0.15, -0.1) is 0 Å². The zero-order valence-corrected chi connectivity index (χ0v) is 22.6. The van der Waals surface area contributed by atoms with E-state index in [1.54, 1.807) is 18.2 Å². The Morgan fingerprint density at radius 3 is 2.42 bits per heavy atom. The molecule has 8 heteroatoms. The Kier molecular flexibility index (Phi) is 9.05. The van der Waals surface area contributed by atoms with E-state index in [-0.39, 0.29) is 25.0 Å². The highest BCUT2D eigenvalue weighted by Gasteiger charge is 2.28. The van der Waals surface area contributed by atoms with Crippen molar-refractivity contribution in [3.63, 3.8) is 0 Å². The third-order valence-electron chi connectivity index (χ3n) is 6.94. The molecule has 0 atom stereocenters. The van der Waals surface area contributed by atoms with Crippen LogP contribution < -0.4 is 10.6 Å². The lowest BCUT2D eigenvalue weighted by molar-refractivity contribution is -0.896. The van der Waals surface area contributed by atoms with Crippen molar-refractivity contribution in [2.24, 2.45) is 0 Å². The van der Waals surface area contributed by atoms with E-state index < -0.39 is 6.09 Å². The van der Waals surface area contributed by atoms with Crippen LogP contribution >= 0.6 is 11.6 Å². The van der Waals surface area contributed by atoms with E-state index in [1.807, 2.05) is 48.5 Å². The number of quaternary nitrogens is 1. The van der Waals surface area contributed by atoms with Crippen LogP contribution in [0.2, 0.25) is 5.02 Å². The quantitative estimate of drug-likeness (QED) is 0.315. The number of aliphatic hydroxyl groups is 1. The van der Waals surface area contributed by atoms with Gasteiger partial charge in [-0.2, -0.15) is 0 Å². The Hall–Kier alpha value is -3.39. The van der Waals surface area contributed by atoms with E-state index in [1.165, 1.54) is 0 Å². The van der Waals surface area contributed by atoms with Gasteiger partial charge in [0, 0.05) is 35.5 Å². The normalized spacial score (nSPS) is 15.1. The molecular formula is C30H35ClN3O4+. The third-order valence-corrected chi connectivity index (χ3v) is 7.29. The number of nitrogens with zero attached hydrogens (tertiary/aromatic N) is 1. The van der Waals surface area contributed by atoms with Gasteiger partial charge < -0.3 is 19.6 Å². The van der Waals surface area contributed by atoms with E-state index in [4.69, 9.17) is 16.3 Å². The molecule has 1 saturated heterocycles. The molecule has 200 valence electrons. The van der Waals surface area contributed by atoms with Crippen molar-refractivity contribution in [2.75, 3.05) is 37.8 Å². The molecular weight excluding hydrogens is 502 g/mol. The van der Waals surface area contributed by atoms with Crippen LogP contribution in [0.15, 0.2) is 66.7 Å². The first kappa shape index (κ1) is 27.6. The zero-order chi connectivity index (χ0) is 27.1. The number of aryl methyl sites for hydroxylation is 1. The van der Waals surface area contributed by atoms with E-state index in [9.17, 15) is 14.7 Å². The molecule has 3 aromatic rings. The number of piperidine rings is 1. The van der Waals surface area contributed by atoms with Crippen molar-refractivity contribution in [1.82, 2.24) is 0 Å². The maximum atomic E-state index is 12.9. The molecule has 38 heavy (non-hydrogen) atoms. The lowest BCUT2D eigenvalue weighted by Gasteiger charge is -2.36. The van der Waals surface area contributed by atoms with Gasteiger partial charge in [0.1, 0.15) is 6.10 Å². The number of carbonyl (C=O) groups excluding carboxylic acids is 2. The molecule has 1 aliphatic rings. The summed E-state index contributed by atoms with van der Waals surface area (Å²) in [6.45, 7) is 1.79.